The van der Waals surface area contributed by atoms with E-state index in [2.05, 4.69) is 44.7 Å². The van der Waals surface area contributed by atoms with Crippen molar-refractivity contribution < 1.29 is 13.2 Å². The number of rotatable bonds is 10. The van der Waals surface area contributed by atoms with Gasteiger partial charge in [-0.25, -0.2) is 13.4 Å². The molecule has 0 radical (unpaired) electrons. The molecule has 0 unspecified atom stereocenters. The predicted octanol–water partition coefficient (Wildman–Crippen LogP) is 5.85. The molecule has 3 aromatic rings. The van der Waals surface area contributed by atoms with Gasteiger partial charge >= 0.3 is 0 Å². The second-order valence-electron chi connectivity index (χ2n) is 10.2. The van der Waals surface area contributed by atoms with Gasteiger partial charge in [0.1, 0.15) is 0 Å². The van der Waals surface area contributed by atoms with Gasteiger partial charge in [-0.05, 0) is 81.2 Å². The first kappa shape index (κ1) is 28.7. The number of hydrogen-bond donors (Lipinski definition) is 0. The molecule has 9 heteroatoms. The molecule has 0 aliphatic heterocycles. The molecule has 0 bridgehead atoms. The molecule has 0 saturated heterocycles. The number of anilines is 1. The third kappa shape index (κ3) is 6.11. The Morgan fingerprint density at radius 1 is 1.00 bits per heavy atom. The van der Waals surface area contributed by atoms with Gasteiger partial charge in [-0.15, -0.1) is 0 Å². The Morgan fingerprint density at radius 3 is 2.29 bits per heavy atom. The Balaban J connectivity index is 1.62. The van der Waals surface area contributed by atoms with Crippen LogP contribution >= 0.6 is 11.3 Å². The Bertz CT molecular complexity index is 1360. The van der Waals surface area contributed by atoms with E-state index in [1.807, 2.05) is 0 Å². The first-order valence-corrected chi connectivity index (χ1v) is 15.9. The smallest absolute Gasteiger partial charge is 0.260 e. The van der Waals surface area contributed by atoms with Gasteiger partial charge in [-0.3, -0.25) is 9.69 Å². The highest BCUT2D eigenvalue weighted by atomic mass is 32.2. The second-order valence-corrected chi connectivity index (χ2v) is 13.2. The maximum absolute atomic E-state index is 13.8. The minimum atomic E-state index is -3.62. The van der Waals surface area contributed by atoms with Crippen LogP contribution in [0.2, 0.25) is 0 Å². The highest BCUT2D eigenvalue weighted by molar-refractivity contribution is 7.89. The molecule has 38 heavy (non-hydrogen) atoms. The summed E-state index contributed by atoms with van der Waals surface area (Å²) in [6, 6.07) is 10.6. The van der Waals surface area contributed by atoms with Crippen LogP contribution in [-0.2, 0) is 10.0 Å². The minimum absolute atomic E-state index is 0.0387. The Kier molecular flexibility index (Phi) is 9.23. The van der Waals surface area contributed by atoms with Gasteiger partial charge in [0.05, 0.1) is 15.1 Å². The largest absolute Gasteiger partial charge is 0.302 e. The van der Waals surface area contributed by atoms with Crippen LogP contribution in [-0.4, -0.2) is 67.8 Å². The summed E-state index contributed by atoms with van der Waals surface area (Å²) in [6.07, 6.45) is 5.09. The standard InChI is InChI=1S/C29H40N4O3S2/c1-6-32(7-2)17-18-33(29-30-26-20-21(3)19-22(4)27(26)37-29)28(34)23-13-15-25(16-14-23)38(35,36)31(5)24-11-9-8-10-12-24/h13-16,19-20,24H,6-12,17-18H2,1-5H3. The molecule has 1 heterocycles. The molecule has 1 saturated carbocycles. The van der Waals surface area contributed by atoms with Gasteiger partial charge in [0, 0.05) is 31.7 Å². The average molecular weight is 557 g/mol. The van der Waals surface area contributed by atoms with Crippen LogP contribution in [0.25, 0.3) is 10.2 Å². The summed E-state index contributed by atoms with van der Waals surface area (Å²) >= 11 is 1.53. The number of thiazole rings is 1. The second kappa shape index (κ2) is 12.2. The lowest BCUT2D eigenvalue weighted by atomic mass is 9.96. The third-order valence-corrected chi connectivity index (χ3v) is 10.8. The van der Waals surface area contributed by atoms with Crippen LogP contribution in [0.3, 0.4) is 0 Å². The molecule has 1 aliphatic rings. The Hall–Kier alpha value is -2.33. The van der Waals surface area contributed by atoms with E-state index in [9.17, 15) is 13.2 Å². The molecule has 0 N–H and O–H groups in total. The van der Waals surface area contributed by atoms with Crippen molar-refractivity contribution in [3.63, 3.8) is 0 Å². The number of fused-ring (bicyclic) bond motifs is 1. The normalized spacial score (nSPS) is 15.0. The molecule has 0 atom stereocenters. The molecule has 1 aliphatic carbocycles. The molecular weight excluding hydrogens is 516 g/mol. The van der Waals surface area contributed by atoms with E-state index >= 15 is 0 Å². The molecule has 4 rings (SSSR count). The van der Waals surface area contributed by atoms with Gasteiger partial charge in [-0.1, -0.05) is 50.5 Å². The predicted molar refractivity (Wildman–Crippen MR) is 157 cm³/mol. The van der Waals surface area contributed by atoms with Gasteiger partial charge in [-0.2, -0.15) is 4.31 Å². The van der Waals surface area contributed by atoms with Crippen LogP contribution in [0.5, 0.6) is 0 Å². The summed E-state index contributed by atoms with van der Waals surface area (Å²) in [5.41, 5.74) is 3.64. The molecule has 1 aromatic heterocycles. The van der Waals surface area contributed by atoms with Crippen molar-refractivity contribution in [3.8, 4) is 0 Å². The van der Waals surface area contributed by atoms with E-state index in [1.165, 1.54) is 22.1 Å². The number of sulfonamides is 1. The summed E-state index contributed by atoms with van der Waals surface area (Å²) in [5.74, 6) is -0.171. The highest BCUT2D eigenvalue weighted by Crippen LogP contribution is 2.33. The van der Waals surface area contributed by atoms with Crippen LogP contribution in [0, 0.1) is 13.8 Å². The molecule has 1 fully saturated rings. The van der Waals surface area contributed by atoms with E-state index in [-0.39, 0.29) is 16.8 Å². The minimum Gasteiger partial charge on any atom is -0.302 e. The SMILES string of the molecule is CCN(CC)CCN(C(=O)c1ccc(S(=O)(=O)N(C)C2CCCCC2)cc1)c1nc2cc(C)cc(C)c2s1. The summed E-state index contributed by atoms with van der Waals surface area (Å²) in [7, 11) is -1.94. The first-order chi connectivity index (χ1) is 18.1. The number of aryl methyl sites for hydroxylation is 2. The third-order valence-electron chi connectivity index (χ3n) is 7.69. The fourth-order valence-electron chi connectivity index (χ4n) is 5.28. The monoisotopic (exact) mass is 556 g/mol. The van der Waals surface area contributed by atoms with Gasteiger partial charge in [0.25, 0.3) is 5.91 Å². The molecular formula is C29H40N4O3S2. The number of benzene rings is 2. The summed E-state index contributed by atoms with van der Waals surface area (Å²) in [5, 5.41) is 0.666. The van der Waals surface area contributed by atoms with E-state index < -0.39 is 10.0 Å². The molecule has 1 amide bonds. The van der Waals surface area contributed by atoms with Crippen molar-refractivity contribution in [2.45, 2.75) is 70.7 Å². The first-order valence-electron chi connectivity index (χ1n) is 13.7. The van der Waals surface area contributed by atoms with Gasteiger partial charge in [0.15, 0.2) is 5.13 Å². The van der Waals surface area contributed by atoms with Crippen LogP contribution < -0.4 is 4.90 Å². The number of carbonyl (C=O) groups is 1. The van der Waals surface area contributed by atoms with Crippen LogP contribution in [0.4, 0.5) is 5.13 Å². The zero-order valence-electron chi connectivity index (χ0n) is 23.2. The zero-order valence-corrected chi connectivity index (χ0v) is 24.9. The number of hydrogen-bond acceptors (Lipinski definition) is 6. The summed E-state index contributed by atoms with van der Waals surface area (Å²) < 4.78 is 29.2. The van der Waals surface area contributed by atoms with Crippen molar-refractivity contribution >= 4 is 42.6 Å². The average Bonchev–Trinajstić information content (AvgIpc) is 3.35. The number of carbonyl (C=O) groups excluding carboxylic acids is 1. The molecule has 7 nitrogen and oxygen atoms in total. The quantitative estimate of drug-likeness (QED) is 0.313. The van der Waals surface area contributed by atoms with E-state index in [4.69, 9.17) is 4.98 Å². The lowest BCUT2D eigenvalue weighted by Gasteiger charge is -2.30. The van der Waals surface area contributed by atoms with Crippen LogP contribution in [0.15, 0.2) is 41.3 Å². The number of likely N-dealkylation sites (N-methyl/N-ethyl adjacent to an activating group) is 1. The van der Waals surface area contributed by atoms with Crippen LogP contribution in [0.1, 0.15) is 67.4 Å². The van der Waals surface area contributed by atoms with E-state index in [1.54, 1.807) is 36.2 Å². The lowest BCUT2D eigenvalue weighted by molar-refractivity contribution is 0.0983. The van der Waals surface area contributed by atoms with Crippen molar-refractivity contribution in [2.24, 2.45) is 0 Å². The van der Waals surface area contributed by atoms with E-state index in [0.717, 1.165) is 66.7 Å². The van der Waals surface area contributed by atoms with E-state index in [0.29, 0.717) is 17.2 Å². The highest BCUT2D eigenvalue weighted by Gasteiger charge is 2.29. The maximum atomic E-state index is 13.8. The molecule has 2 aromatic carbocycles. The van der Waals surface area contributed by atoms with Gasteiger partial charge < -0.3 is 4.90 Å². The van der Waals surface area contributed by atoms with Crippen molar-refractivity contribution in [2.75, 3.05) is 38.1 Å². The summed E-state index contributed by atoms with van der Waals surface area (Å²) in [6.45, 7) is 11.4. The lowest BCUT2D eigenvalue weighted by Crippen LogP contribution is -2.39. The fraction of sp³-hybridized carbons (Fsp3) is 0.517. The fourth-order valence-corrected chi connectivity index (χ4v) is 7.73. The van der Waals surface area contributed by atoms with Crippen molar-refractivity contribution in [1.82, 2.24) is 14.2 Å². The zero-order chi connectivity index (χ0) is 27.4. The topological polar surface area (TPSA) is 73.8 Å². The number of aromatic nitrogens is 1. The molecule has 0 spiro atoms. The number of amides is 1. The molecule has 206 valence electrons. The van der Waals surface area contributed by atoms with Crippen molar-refractivity contribution in [3.05, 3.63) is 53.1 Å². The Morgan fingerprint density at radius 2 is 1.66 bits per heavy atom. The number of nitrogens with zero attached hydrogens (tertiary/aromatic N) is 4. The van der Waals surface area contributed by atoms with Gasteiger partial charge in [0.2, 0.25) is 10.0 Å². The Labute approximate surface area is 231 Å². The maximum Gasteiger partial charge on any atom is 0.260 e. The van der Waals surface area contributed by atoms with Crippen molar-refractivity contribution in [1.29, 1.82) is 0 Å². The summed E-state index contributed by atoms with van der Waals surface area (Å²) in [4.78, 5) is 22.9.